The highest BCUT2D eigenvalue weighted by Gasteiger charge is 2.14. The van der Waals surface area contributed by atoms with Crippen LogP contribution < -0.4 is 0 Å². The number of hydrogen-bond donors (Lipinski definition) is 3. The summed E-state index contributed by atoms with van der Waals surface area (Å²) in [4.78, 5) is 11.1. The fourth-order valence-corrected chi connectivity index (χ4v) is 0.764. The molecule has 0 radical (unpaired) electrons. The van der Waals surface area contributed by atoms with Crippen LogP contribution in [0.1, 0.15) is 6.92 Å². The molecule has 0 aliphatic rings. The van der Waals surface area contributed by atoms with Gasteiger partial charge in [-0.1, -0.05) is 6.58 Å². The molecular weight excluding hydrogens is 216 g/mol. The van der Waals surface area contributed by atoms with Crippen LogP contribution in [-0.2, 0) is 14.3 Å². The Hall–Kier alpha value is -0.950. The van der Waals surface area contributed by atoms with E-state index in [1.807, 2.05) is 0 Å². The van der Waals surface area contributed by atoms with Gasteiger partial charge in [-0.15, -0.1) is 0 Å². The van der Waals surface area contributed by atoms with Gasteiger partial charge in [0.2, 0.25) is 0 Å². The molecule has 0 aromatic heterocycles. The van der Waals surface area contributed by atoms with E-state index in [-0.39, 0.29) is 25.4 Å². The van der Waals surface area contributed by atoms with Gasteiger partial charge in [-0.2, -0.15) is 0 Å². The van der Waals surface area contributed by atoms with E-state index in [2.05, 4.69) is 6.58 Å². The lowest BCUT2D eigenvalue weighted by Crippen LogP contribution is -2.30. The molecule has 2 atom stereocenters. The zero-order valence-electron chi connectivity index (χ0n) is 9.26. The molecule has 0 aliphatic carbocycles. The third kappa shape index (κ3) is 6.52. The maximum atomic E-state index is 11.1. The molecule has 0 saturated carbocycles. The molecule has 6 heteroatoms. The van der Waals surface area contributed by atoms with Crippen LogP contribution in [0.15, 0.2) is 12.2 Å². The SMILES string of the molecule is C=C(C)C(=O)OC(CO)COCC(O)CO. The molecule has 16 heavy (non-hydrogen) atoms. The molecule has 0 heterocycles. The molecular formula is C10H18O6. The number of aliphatic hydroxyl groups excluding tert-OH is 3. The molecule has 0 saturated heterocycles. The Morgan fingerprint density at radius 1 is 1.31 bits per heavy atom. The lowest BCUT2D eigenvalue weighted by atomic mass is 10.3. The molecule has 0 aromatic carbocycles. The first-order valence-corrected chi connectivity index (χ1v) is 4.85. The van der Waals surface area contributed by atoms with Crippen LogP contribution in [0, 0.1) is 0 Å². The lowest BCUT2D eigenvalue weighted by Gasteiger charge is -2.16. The molecule has 3 N–H and O–H groups in total. The Morgan fingerprint density at radius 2 is 1.94 bits per heavy atom. The number of carbonyl (C=O) groups excluding carboxylic acids is 1. The quantitative estimate of drug-likeness (QED) is 0.362. The Morgan fingerprint density at radius 3 is 2.38 bits per heavy atom. The van der Waals surface area contributed by atoms with Crippen molar-refractivity contribution in [1.82, 2.24) is 0 Å². The summed E-state index contributed by atoms with van der Waals surface area (Å²) < 4.78 is 9.76. The zero-order chi connectivity index (χ0) is 12.6. The first-order valence-electron chi connectivity index (χ1n) is 4.85. The van der Waals surface area contributed by atoms with Crippen LogP contribution in [0.25, 0.3) is 0 Å². The van der Waals surface area contributed by atoms with Crippen LogP contribution in [0.4, 0.5) is 0 Å². The molecule has 0 fully saturated rings. The molecule has 2 unspecified atom stereocenters. The number of carbonyl (C=O) groups is 1. The maximum Gasteiger partial charge on any atom is 0.333 e. The van der Waals surface area contributed by atoms with Crippen molar-refractivity contribution in [2.45, 2.75) is 19.1 Å². The van der Waals surface area contributed by atoms with E-state index >= 15 is 0 Å². The minimum Gasteiger partial charge on any atom is -0.454 e. The van der Waals surface area contributed by atoms with E-state index in [4.69, 9.17) is 24.8 Å². The van der Waals surface area contributed by atoms with Crippen LogP contribution in [0.3, 0.4) is 0 Å². The molecule has 0 aromatic rings. The molecule has 0 amide bonds. The van der Waals surface area contributed by atoms with E-state index in [0.717, 1.165) is 0 Å². The van der Waals surface area contributed by atoms with Crippen molar-refractivity contribution >= 4 is 5.97 Å². The summed E-state index contributed by atoms with van der Waals surface area (Å²) in [5, 5.41) is 26.3. The number of ether oxygens (including phenoxy) is 2. The second-order valence-corrected chi connectivity index (χ2v) is 3.36. The normalized spacial score (nSPS) is 14.2. The van der Waals surface area contributed by atoms with Crippen LogP contribution in [-0.4, -0.2) is 59.9 Å². The predicted molar refractivity (Wildman–Crippen MR) is 55.7 cm³/mol. The number of aliphatic hydroxyl groups is 3. The van der Waals surface area contributed by atoms with Crippen molar-refractivity contribution in [3.8, 4) is 0 Å². The Kier molecular flexibility index (Phi) is 7.74. The first-order chi connectivity index (χ1) is 7.51. The van der Waals surface area contributed by atoms with Gasteiger partial charge in [-0.25, -0.2) is 4.79 Å². The highest BCUT2D eigenvalue weighted by Crippen LogP contribution is 1.99. The van der Waals surface area contributed by atoms with Crippen LogP contribution >= 0.6 is 0 Å². The summed E-state index contributed by atoms with van der Waals surface area (Å²) in [6.45, 7) is 3.96. The molecule has 6 nitrogen and oxygen atoms in total. The third-order valence-electron chi connectivity index (χ3n) is 1.65. The summed E-state index contributed by atoms with van der Waals surface area (Å²) in [5.41, 5.74) is 0.230. The van der Waals surface area contributed by atoms with E-state index in [9.17, 15) is 4.79 Å². The van der Waals surface area contributed by atoms with E-state index < -0.39 is 24.8 Å². The van der Waals surface area contributed by atoms with Crippen LogP contribution in [0.2, 0.25) is 0 Å². The van der Waals surface area contributed by atoms with Gasteiger partial charge >= 0.3 is 5.97 Å². The fraction of sp³-hybridized carbons (Fsp3) is 0.700. The van der Waals surface area contributed by atoms with Crippen molar-refractivity contribution in [3.05, 3.63) is 12.2 Å². The Labute approximate surface area is 94.1 Å². The van der Waals surface area contributed by atoms with Crippen molar-refractivity contribution in [1.29, 1.82) is 0 Å². The first kappa shape index (κ1) is 15.0. The van der Waals surface area contributed by atoms with Crippen molar-refractivity contribution in [3.63, 3.8) is 0 Å². The minimum atomic E-state index is -0.976. The number of esters is 1. The van der Waals surface area contributed by atoms with Crippen molar-refractivity contribution in [2.24, 2.45) is 0 Å². The average Bonchev–Trinajstić information content (AvgIpc) is 2.26. The Balaban J connectivity index is 3.83. The highest BCUT2D eigenvalue weighted by atomic mass is 16.6. The van der Waals surface area contributed by atoms with Gasteiger partial charge < -0.3 is 24.8 Å². The maximum absolute atomic E-state index is 11.1. The number of hydrogen-bond acceptors (Lipinski definition) is 6. The molecule has 0 rings (SSSR count). The van der Waals surface area contributed by atoms with Gasteiger partial charge in [0.1, 0.15) is 12.2 Å². The molecule has 0 spiro atoms. The predicted octanol–water partition coefficient (Wildman–Crippen LogP) is -1.16. The zero-order valence-corrected chi connectivity index (χ0v) is 9.26. The summed E-state index contributed by atoms with van der Waals surface area (Å²) in [5.74, 6) is -0.606. The minimum absolute atomic E-state index is 0.0490. The standard InChI is InChI=1S/C10H18O6/c1-7(2)10(14)16-9(4-12)6-15-5-8(13)3-11/h8-9,11-13H,1,3-6H2,2H3. The van der Waals surface area contributed by atoms with E-state index in [1.165, 1.54) is 6.92 Å². The topological polar surface area (TPSA) is 96.2 Å². The molecule has 0 aliphatic heterocycles. The second kappa shape index (κ2) is 8.23. The van der Waals surface area contributed by atoms with E-state index in [1.54, 1.807) is 0 Å². The fourth-order valence-electron chi connectivity index (χ4n) is 0.764. The van der Waals surface area contributed by atoms with Gasteiger partial charge in [0, 0.05) is 5.57 Å². The van der Waals surface area contributed by atoms with E-state index in [0.29, 0.717) is 0 Å². The largest absolute Gasteiger partial charge is 0.454 e. The Bertz CT molecular complexity index is 227. The van der Waals surface area contributed by atoms with Gasteiger partial charge in [0.15, 0.2) is 0 Å². The van der Waals surface area contributed by atoms with Gasteiger partial charge in [0.25, 0.3) is 0 Å². The van der Waals surface area contributed by atoms with Crippen LogP contribution in [0.5, 0.6) is 0 Å². The summed E-state index contributed by atoms with van der Waals surface area (Å²) in [7, 11) is 0. The van der Waals surface area contributed by atoms with Gasteiger partial charge in [-0.3, -0.25) is 0 Å². The smallest absolute Gasteiger partial charge is 0.333 e. The lowest BCUT2D eigenvalue weighted by molar-refractivity contribution is -0.150. The number of rotatable bonds is 8. The van der Waals surface area contributed by atoms with Crippen molar-refractivity contribution < 1.29 is 29.6 Å². The highest BCUT2D eigenvalue weighted by molar-refractivity contribution is 5.87. The van der Waals surface area contributed by atoms with Crippen molar-refractivity contribution in [2.75, 3.05) is 26.4 Å². The van der Waals surface area contributed by atoms with Gasteiger partial charge in [-0.05, 0) is 6.92 Å². The summed E-state index contributed by atoms with van der Waals surface area (Å²) >= 11 is 0. The second-order valence-electron chi connectivity index (χ2n) is 3.36. The molecule has 94 valence electrons. The van der Waals surface area contributed by atoms with Gasteiger partial charge in [0.05, 0.1) is 26.4 Å². The average molecular weight is 234 g/mol. The summed E-state index contributed by atoms with van der Waals surface area (Å²) in [6, 6.07) is 0. The molecule has 0 bridgehead atoms. The summed E-state index contributed by atoms with van der Waals surface area (Å²) in [6.07, 6.45) is -1.77. The monoisotopic (exact) mass is 234 g/mol. The third-order valence-corrected chi connectivity index (χ3v) is 1.65.